The van der Waals surface area contributed by atoms with Crippen molar-refractivity contribution in [2.75, 3.05) is 32.6 Å². The highest BCUT2D eigenvalue weighted by Gasteiger charge is 2.26. The summed E-state index contributed by atoms with van der Waals surface area (Å²) in [7, 11) is 3.46. The lowest BCUT2D eigenvalue weighted by molar-refractivity contribution is -0.862. The van der Waals surface area contributed by atoms with Crippen molar-refractivity contribution in [3.8, 4) is 5.75 Å². The summed E-state index contributed by atoms with van der Waals surface area (Å²) in [5.41, 5.74) is 0.689. The van der Waals surface area contributed by atoms with E-state index in [-0.39, 0.29) is 30.4 Å². The Morgan fingerprint density at radius 1 is 1.15 bits per heavy atom. The zero-order valence-corrected chi connectivity index (χ0v) is 17.0. The lowest BCUT2D eigenvalue weighted by atomic mass is 10.1. The van der Waals surface area contributed by atoms with E-state index in [1.54, 1.807) is 13.2 Å². The standard InChI is InChI=1S/C20H33N3O3/c1-7-15(3)23(16(4)8-2)20(25)14-22(5)13-19(24)21-17-10-9-11-18(12-17)26-6/h9-12,15-16H,7-8,13-14H2,1-6H3,(H,21,24)/p+1/t15-,16-/m1/s1. The number of carbonyl (C=O) groups excluding carboxylic acids is 2. The Hall–Kier alpha value is -2.08. The molecule has 26 heavy (non-hydrogen) atoms. The van der Waals surface area contributed by atoms with E-state index >= 15 is 0 Å². The second-order valence-electron chi connectivity index (χ2n) is 6.91. The largest absolute Gasteiger partial charge is 0.497 e. The Balaban J connectivity index is 2.61. The number of rotatable bonds is 10. The second kappa shape index (κ2) is 10.8. The maximum atomic E-state index is 12.7. The number of quaternary nitrogens is 1. The molecule has 146 valence electrons. The van der Waals surface area contributed by atoms with Crippen LogP contribution in [0.15, 0.2) is 24.3 Å². The molecule has 0 aliphatic carbocycles. The van der Waals surface area contributed by atoms with E-state index in [1.165, 1.54) is 0 Å². The topological polar surface area (TPSA) is 63.1 Å². The summed E-state index contributed by atoms with van der Waals surface area (Å²) in [6.07, 6.45) is 1.84. The van der Waals surface area contributed by atoms with Gasteiger partial charge in [0.05, 0.1) is 14.2 Å². The minimum Gasteiger partial charge on any atom is -0.497 e. The molecule has 0 saturated heterocycles. The number of carbonyl (C=O) groups is 2. The fraction of sp³-hybridized carbons (Fsp3) is 0.600. The van der Waals surface area contributed by atoms with Crippen LogP contribution < -0.4 is 15.0 Å². The highest BCUT2D eigenvalue weighted by atomic mass is 16.5. The monoisotopic (exact) mass is 364 g/mol. The Labute approximate surface area is 157 Å². The number of likely N-dealkylation sites (N-methyl/N-ethyl adjacent to an activating group) is 1. The quantitative estimate of drug-likeness (QED) is 0.662. The number of nitrogens with zero attached hydrogens (tertiary/aromatic N) is 1. The van der Waals surface area contributed by atoms with E-state index in [9.17, 15) is 9.59 Å². The molecule has 6 heteroatoms. The minimum absolute atomic E-state index is 0.0976. The van der Waals surface area contributed by atoms with E-state index in [0.717, 1.165) is 17.7 Å². The van der Waals surface area contributed by atoms with Gasteiger partial charge < -0.3 is 19.9 Å². The molecule has 0 heterocycles. The van der Waals surface area contributed by atoms with Crippen LogP contribution >= 0.6 is 0 Å². The smallest absolute Gasteiger partial charge is 0.279 e. The highest BCUT2D eigenvalue weighted by molar-refractivity contribution is 5.91. The summed E-state index contributed by atoms with van der Waals surface area (Å²) in [6, 6.07) is 7.64. The number of benzene rings is 1. The van der Waals surface area contributed by atoms with Gasteiger partial charge in [-0.3, -0.25) is 9.59 Å². The number of hydrogen-bond donors (Lipinski definition) is 2. The van der Waals surface area contributed by atoms with E-state index < -0.39 is 0 Å². The first-order valence-corrected chi connectivity index (χ1v) is 9.38. The van der Waals surface area contributed by atoms with Crippen molar-refractivity contribution >= 4 is 17.5 Å². The summed E-state index contributed by atoms with van der Waals surface area (Å²) < 4.78 is 5.16. The van der Waals surface area contributed by atoms with Gasteiger partial charge in [0.1, 0.15) is 5.75 Å². The Morgan fingerprint density at radius 2 is 1.77 bits per heavy atom. The number of ether oxygens (including phenoxy) is 1. The van der Waals surface area contributed by atoms with Crippen molar-refractivity contribution in [3.05, 3.63) is 24.3 Å². The molecule has 0 spiro atoms. The van der Waals surface area contributed by atoms with Gasteiger partial charge in [-0.2, -0.15) is 0 Å². The number of anilines is 1. The molecule has 2 amide bonds. The zero-order chi connectivity index (χ0) is 19.7. The summed E-state index contributed by atoms with van der Waals surface area (Å²) in [5.74, 6) is 0.666. The van der Waals surface area contributed by atoms with Crippen LogP contribution in [0.2, 0.25) is 0 Å². The normalized spacial score (nSPS) is 14.2. The molecule has 2 N–H and O–H groups in total. The van der Waals surface area contributed by atoms with Gasteiger partial charge in [0.2, 0.25) is 0 Å². The van der Waals surface area contributed by atoms with Gasteiger partial charge in [-0.25, -0.2) is 0 Å². The van der Waals surface area contributed by atoms with Crippen molar-refractivity contribution in [3.63, 3.8) is 0 Å². The van der Waals surface area contributed by atoms with Gasteiger partial charge in [-0.15, -0.1) is 0 Å². The molecule has 1 rings (SSSR count). The molecule has 0 radical (unpaired) electrons. The molecular weight excluding hydrogens is 330 g/mol. The Kier molecular flexibility index (Phi) is 9.13. The molecule has 3 atom stereocenters. The number of methoxy groups -OCH3 is 1. The van der Waals surface area contributed by atoms with Crippen LogP contribution in [0, 0.1) is 0 Å². The van der Waals surface area contributed by atoms with Crippen LogP contribution in [0.25, 0.3) is 0 Å². The maximum Gasteiger partial charge on any atom is 0.279 e. The van der Waals surface area contributed by atoms with Crippen molar-refractivity contribution in [2.45, 2.75) is 52.6 Å². The summed E-state index contributed by atoms with van der Waals surface area (Å²) in [6.45, 7) is 8.87. The van der Waals surface area contributed by atoms with Crippen LogP contribution in [0.5, 0.6) is 5.75 Å². The van der Waals surface area contributed by atoms with Crippen molar-refractivity contribution in [1.29, 1.82) is 0 Å². The van der Waals surface area contributed by atoms with Gasteiger partial charge in [-0.05, 0) is 38.8 Å². The van der Waals surface area contributed by atoms with Crippen molar-refractivity contribution in [2.24, 2.45) is 0 Å². The fourth-order valence-corrected chi connectivity index (χ4v) is 2.91. The fourth-order valence-electron chi connectivity index (χ4n) is 2.91. The SMILES string of the molecule is CC[C@@H](C)N(C(=O)C[NH+](C)CC(=O)Nc1cccc(OC)c1)[C@H](C)CC. The van der Waals surface area contributed by atoms with Crippen LogP contribution in [-0.4, -0.2) is 56.0 Å². The molecular formula is C20H34N3O3+. The van der Waals surface area contributed by atoms with E-state index in [0.29, 0.717) is 18.0 Å². The number of nitrogens with one attached hydrogen (secondary N) is 2. The molecule has 0 aliphatic rings. The predicted molar refractivity (Wildman–Crippen MR) is 105 cm³/mol. The Morgan fingerprint density at radius 3 is 2.31 bits per heavy atom. The first kappa shape index (κ1) is 22.0. The average Bonchev–Trinajstić information content (AvgIpc) is 2.61. The third-order valence-electron chi connectivity index (χ3n) is 4.69. The molecule has 1 aromatic carbocycles. The van der Waals surface area contributed by atoms with Gasteiger partial charge in [-0.1, -0.05) is 19.9 Å². The molecule has 1 unspecified atom stereocenters. The minimum atomic E-state index is -0.123. The second-order valence-corrected chi connectivity index (χ2v) is 6.91. The van der Waals surface area contributed by atoms with Crippen LogP contribution in [0.1, 0.15) is 40.5 Å². The summed E-state index contributed by atoms with van der Waals surface area (Å²) in [4.78, 5) is 27.8. The first-order valence-electron chi connectivity index (χ1n) is 9.38. The molecule has 0 aromatic heterocycles. The van der Waals surface area contributed by atoms with Crippen LogP contribution in [0.3, 0.4) is 0 Å². The molecule has 0 saturated carbocycles. The third-order valence-corrected chi connectivity index (χ3v) is 4.69. The summed E-state index contributed by atoms with van der Waals surface area (Å²) in [5, 5.41) is 2.85. The van der Waals surface area contributed by atoms with Crippen LogP contribution in [0.4, 0.5) is 5.69 Å². The van der Waals surface area contributed by atoms with Gasteiger partial charge in [0.25, 0.3) is 11.8 Å². The molecule has 0 bridgehead atoms. The van der Waals surface area contributed by atoms with Crippen LogP contribution in [-0.2, 0) is 9.59 Å². The zero-order valence-electron chi connectivity index (χ0n) is 17.0. The Bertz CT molecular complexity index is 581. The first-order chi connectivity index (χ1) is 12.3. The highest BCUT2D eigenvalue weighted by Crippen LogP contribution is 2.16. The lowest BCUT2D eigenvalue weighted by Crippen LogP contribution is -3.11. The van der Waals surface area contributed by atoms with E-state index in [1.807, 2.05) is 30.1 Å². The molecule has 6 nitrogen and oxygen atoms in total. The van der Waals surface area contributed by atoms with Gasteiger partial charge in [0.15, 0.2) is 13.1 Å². The maximum absolute atomic E-state index is 12.7. The summed E-state index contributed by atoms with van der Waals surface area (Å²) >= 11 is 0. The molecule has 0 aliphatic heterocycles. The third kappa shape index (κ3) is 6.67. The van der Waals surface area contributed by atoms with Gasteiger partial charge in [0, 0.05) is 23.8 Å². The number of hydrogen-bond acceptors (Lipinski definition) is 3. The van der Waals surface area contributed by atoms with E-state index in [2.05, 4.69) is 33.0 Å². The van der Waals surface area contributed by atoms with Crippen molar-refractivity contribution in [1.82, 2.24) is 4.90 Å². The number of amides is 2. The van der Waals surface area contributed by atoms with E-state index in [4.69, 9.17) is 4.74 Å². The lowest BCUT2D eigenvalue weighted by Gasteiger charge is -2.34. The molecule has 1 aromatic rings. The van der Waals surface area contributed by atoms with Gasteiger partial charge >= 0.3 is 0 Å². The van der Waals surface area contributed by atoms with Crippen molar-refractivity contribution < 1.29 is 19.2 Å². The predicted octanol–water partition coefficient (Wildman–Crippen LogP) is 1.57. The average molecular weight is 365 g/mol. The molecule has 0 fully saturated rings.